The molecule has 2 aromatic rings. The van der Waals surface area contributed by atoms with E-state index < -0.39 is 0 Å². The highest BCUT2D eigenvalue weighted by Gasteiger charge is 2.07. The minimum absolute atomic E-state index is 0.386. The molecule has 17 heavy (non-hydrogen) atoms. The summed E-state index contributed by atoms with van der Waals surface area (Å²) in [6, 6.07) is 7.86. The molecule has 0 radical (unpaired) electrons. The highest BCUT2D eigenvalue weighted by atomic mass is 79.9. The molecule has 0 aliphatic heterocycles. The second kappa shape index (κ2) is 4.58. The number of aromatic nitrogens is 2. The Kier molecular flexibility index (Phi) is 3.31. The van der Waals surface area contributed by atoms with Gasteiger partial charge in [0, 0.05) is 15.7 Å². The van der Waals surface area contributed by atoms with Gasteiger partial charge in [-0.05, 0) is 54.0 Å². The van der Waals surface area contributed by atoms with E-state index in [9.17, 15) is 0 Å². The SMILES string of the molecule is Cc1cc(C)n(-c2ccc(C(N)=S)c(Br)c2)n1. The first kappa shape index (κ1) is 12.3. The molecular formula is C12H12BrN3S. The zero-order chi connectivity index (χ0) is 12.6. The summed E-state index contributed by atoms with van der Waals surface area (Å²) in [4.78, 5) is 0.386. The Balaban J connectivity index is 2.51. The average molecular weight is 310 g/mol. The van der Waals surface area contributed by atoms with Crippen molar-refractivity contribution in [1.82, 2.24) is 9.78 Å². The van der Waals surface area contributed by atoms with Crippen molar-refractivity contribution in [2.75, 3.05) is 0 Å². The van der Waals surface area contributed by atoms with E-state index in [-0.39, 0.29) is 0 Å². The average Bonchev–Trinajstić information content (AvgIpc) is 2.57. The van der Waals surface area contributed by atoms with E-state index in [1.54, 1.807) is 0 Å². The van der Waals surface area contributed by atoms with Crippen molar-refractivity contribution in [1.29, 1.82) is 0 Å². The van der Waals surface area contributed by atoms with E-state index in [1.807, 2.05) is 42.8 Å². The summed E-state index contributed by atoms with van der Waals surface area (Å²) in [6.07, 6.45) is 0. The van der Waals surface area contributed by atoms with Crippen LogP contribution >= 0.6 is 28.1 Å². The quantitative estimate of drug-likeness (QED) is 0.868. The van der Waals surface area contributed by atoms with Crippen LogP contribution in [0.25, 0.3) is 5.69 Å². The smallest absolute Gasteiger partial charge is 0.105 e. The zero-order valence-electron chi connectivity index (χ0n) is 9.57. The first-order valence-corrected chi connectivity index (χ1v) is 6.32. The van der Waals surface area contributed by atoms with Crippen LogP contribution in [0.2, 0.25) is 0 Å². The van der Waals surface area contributed by atoms with Crippen LogP contribution in [-0.2, 0) is 0 Å². The fraction of sp³-hybridized carbons (Fsp3) is 0.167. The Morgan fingerprint density at radius 3 is 2.53 bits per heavy atom. The number of aryl methyl sites for hydroxylation is 2. The number of thiocarbonyl (C=S) groups is 1. The molecule has 0 spiro atoms. The Morgan fingerprint density at radius 2 is 2.06 bits per heavy atom. The third-order valence-electron chi connectivity index (χ3n) is 2.47. The summed E-state index contributed by atoms with van der Waals surface area (Å²) >= 11 is 8.43. The molecule has 88 valence electrons. The molecule has 0 saturated heterocycles. The summed E-state index contributed by atoms with van der Waals surface area (Å²) in [7, 11) is 0. The van der Waals surface area contributed by atoms with Crippen LogP contribution in [0.5, 0.6) is 0 Å². The number of nitrogens with two attached hydrogens (primary N) is 1. The van der Waals surface area contributed by atoms with Crippen molar-refractivity contribution >= 4 is 33.1 Å². The lowest BCUT2D eigenvalue weighted by Crippen LogP contribution is -2.10. The van der Waals surface area contributed by atoms with Crippen LogP contribution < -0.4 is 5.73 Å². The minimum atomic E-state index is 0.386. The number of hydrogen-bond acceptors (Lipinski definition) is 2. The van der Waals surface area contributed by atoms with Crippen molar-refractivity contribution in [2.45, 2.75) is 13.8 Å². The molecular weight excluding hydrogens is 298 g/mol. The van der Waals surface area contributed by atoms with Crippen molar-refractivity contribution in [3.63, 3.8) is 0 Å². The van der Waals surface area contributed by atoms with Crippen LogP contribution in [0, 0.1) is 13.8 Å². The molecule has 0 aliphatic rings. The van der Waals surface area contributed by atoms with Gasteiger partial charge in [0.1, 0.15) is 4.99 Å². The number of benzene rings is 1. The molecule has 0 saturated carbocycles. The third-order valence-corrected chi connectivity index (χ3v) is 3.35. The van der Waals surface area contributed by atoms with Crippen LogP contribution in [0.15, 0.2) is 28.7 Å². The summed E-state index contributed by atoms with van der Waals surface area (Å²) in [5.74, 6) is 0. The molecule has 0 bridgehead atoms. The Bertz CT molecular complexity index is 589. The lowest BCUT2D eigenvalue weighted by molar-refractivity contribution is 0.833. The molecule has 5 heteroatoms. The van der Waals surface area contributed by atoms with Gasteiger partial charge in [-0.25, -0.2) is 4.68 Å². The fourth-order valence-electron chi connectivity index (χ4n) is 1.73. The number of nitrogens with zero attached hydrogens (tertiary/aromatic N) is 2. The summed E-state index contributed by atoms with van der Waals surface area (Å²) in [6.45, 7) is 4.00. The topological polar surface area (TPSA) is 43.8 Å². The Morgan fingerprint density at radius 1 is 1.35 bits per heavy atom. The Hall–Kier alpha value is -1.20. The van der Waals surface area contributed by atoms with Gasteiger partial charge in [-0.1, -0.05) is 12.2 Å². The van der Waals surface area contributed by atoms with Crippen molar-refractivity contribution in [2.24, 2.45) is 5.73 Å². The van der Waals surface area contributed by atoms with Gasteiger partial charge in [0.05, 0.1) is 11.4 Å². The monoisotopic (exact) mass is 309 g/mol. The number of rotatable bonds is 2. The maximum Gasteiger partial charge on any atom is 0.105 e. The second-order valence-corrected chi connectivity index (χ2v) is 5.16. The first-order chi connectivity index (χ1) is 7.99. The lowest BCUT2D eigenvalue weighted by atomic mass is 10.2. The molecule has 1 aromatic carbocycles. The highest BCUT2D eigenvalue weighted by molar-refractivity contribution is 9.10. The summed E-state index contributed by atoms with van der Waals surface area (Å²) in [5.41, 5.74) is 9.54. The molecule has 1 aromatic heterocycles. The molecule has 0 aliphatic carbocycles. The normalized spacial score (nSPS) is 10.5. The van der Waals surface area contributed by atoms with Crippen LogP contribution in [-0.4, -0.2) is 14.8 Å². The zero-order valence-corrected chi connectivity index (χ0v) is 12.0. The summed E-state index contributed by atoms with van der Waals surface area (Å²) in [5, 5.41) is 4.43. The van der Waals surface area contributed by atoms with Gasteiger partial charge in [-0.15, -0.1) is 0 Å². The van der Waals surface area contributed by atoms with Gasteiger partial charge in [0.15, 0.2) is 0 Å². The number of halogens is 1. The van der Waals surface area contributed by atoms with E-state index in [4.69, 9.17) is 18.0 Å². The minimum Gasteiger partial charge on any atom is -0.389 e. The molecule has 2 rings (SSSR count). The number of hydrogen-bond donors (Lipinski definition) is 1. The lowest BCUT2D eigenvalue weighted by Gasteiger charge is -2.07. The molecule has 1 heterocycles. The Labute approximate surface area is 114 Å². The van der Waals surface area contributed by atoms with Gasteiger partial charge < -0.3 is 5.73 Å². The van der Waals surface area contributed by atoms with E-state index in [2.05, 4.69) is 21.0 Å². The van der Waals surface area contributed by atoms with E-state index in [0.717, 1.165) is 27.1 Å². The molecule has 0 amide bonds. The second-order valence-electron chi connectivity index (χ2n) is 3.87. The standard InChI is InChI=1S/C12H12BrN3S/c1-7-5-8(2)16(15-7)9-3-4-10(12(14)17)11(13)6-9/h3-6H,1-2H3,(H2,14,17). The van der Waals surface area contributed by atoms with Gasteiger partial charge >= 0.3 is 0 Å². The van der Waals surface area contributed by atoms with Crippen molar-refractivity contribution in [3.8, 4) is 5.69 Å². The van der Waals surface area contributed by atoms with Gasteiger partial charge in [-0.3, -0.25) is 0 Å². The molecule has 3 nitrogen and oxygen atoms in total. The molecule has 0 atom stereocenters. The van der Waals surface area contributed by atoms with Crippen molar-refractivity contribution < 1.29 is 0 Å². The molecule has 2 N–H and O–H groups in total. The maximum absolute atomic E-state index is 5.62. The van der Waals surface area contributed by atoms with Gasteiger partial charge in [-0.2, -0.15) is 5.10 Å². The molecule has 0 unspecified atom stereocenters. The predicted octanol–water partition coefficient (Wildman–Crippen LogP) is 2.89. The van der Waals surface area contributed by atoms with Gasteiger partial charge in [0.25, 0.3) is 0 Å². The van der Waals surface area contributed by atoms with Crippen LogP contribution in [0.1, 0.15) is 17.0 Å². The van der Waals surface area contributed by atoms with Crippen molar-refractivity contribution in [3.05, 3.63) is 45.7 Å². The maximum atomic E-state index is 5.62. The largest absolute Gasteiger partial charge is 0.389 e. The predicted molar refractivity (Wildman–Crippen MR) is 76.6 cm³/mol. The van der Waals surface area contributed by atoms with E-state index in [0.29, 0.717) is 4.99 Å². The van der Waals surface area contributed by atoms with Gasteiger partial charge in [0.2, 0.25) is 0 Å². The first-order valence-electron chi connectivity index (χ1n) is 5.12. The van der Waals surface area contributed by atoms with Crippen LogP contribution in [0.3, 0.4) is 0 Å². The highest BCUT2D eigenvalue weighted by Crippen LogP contribution is 2.21. The third kappa shape index (κ3) is 2.40. The van der Waals surface area contributed by atoms with Crippen LogP contribution in [0.4, 0.5) is 0 Å². The van der Waals surface area contributed by atoms with E-state index >= 15 is 0 Å². The van der Waals surface area contributed by atoms with E-state index in [1.165, 1.54) is 0 Å². The summed E-state index contributed by atoms with van der Waals surface area (Å²) < 4.78 is 2.78. The molecule has 0 fully saturated rings. The fourth-order valence-corrected chi connectivity index (χ4v) is 2.62.